The van der Waals surface area contributed by atoms with E-state index in [9.17, 15) is 4.79 Å². The highest BCUT2D eigenvalue weighted by Crippen LogP contribution is 2.42. The molecule has 1 atom stereocenters. The molecule has 1 saturated heterocycles. The minimum atomic E-state index is -0.0165. The summed E-state index contributed by atoms with van der Waals surface area (Å²) in [5.41, 5.74) is -0.0165. The van der Waals surface area contributed by atoms with Crippen molar-refractivity contribution in [3.63, 3.8) is 0 Å². The van der Waals surface area contributed by atoms with Gasteiger partial charge in [0.25, 0.3) is 0 Å². The van der Waals surface area contributed by atoms with E-state index in [1.54, 1.807) is 0 Å². The van der Waals surface area contributed by atoms with Crippen LogP contribution in [0.1, 0.15) is 45.4 Å². The third-order valence-corrected chi connectivity index (χ3v) is 4.59. The van der Waals surface area contributed by atoms with Gasteiger partial charge in [-0.1, -0.05) is 19.8 Å². The first-order valence-corrected chi connectivity index (χ1v) is 6.67. The zero-order chi connectivity index (χ0) is 11.6. The Morgan fingerprint density at radius 2 is 2.12 bits per heavy atom. The Labute approximate surface area is 98.6 Å². The van der Waals surface area contributed by atoms with Gasteiger partial charge in [-0.3, -0.25) is 4.79 Å². The van der Waals surface area contributed by atoms with Crippen LogP contribution in [0.5, 0.6) is 0 Å². The number of carbonyl (C=O) groups is 1. The molecule has 0 aromatic carbocycles. The molecule has 1 unspecified atom stereocenters. The van der Waals surface area contributed by atoms with Crippen molar-refractivity contribution in [2.24, 2.45) is 5.41 Å². The standard InChI is InChI=1S/C13H24N2O/c1-3-13(7-4-5-8-13)12(16)15(2)11-6-9-14-10-11/h11,14H,3-10H2,1-2H3. The van der Waals surface area contributed by atoms with Gasteiger partial charge in [-0.25, -0.2) is 0 Å². The monoisotopic (exact) mass is 224 g/mol. The minimum absolute atomic E-state index is 0.0165. The predicted molar refractivity (Wildman–Crippen MR) is 65.2 cm³/mol. The molecule has 0 aromatic rings. The van der Waals surface area contributed by atoms with E-state index in [1.165, 1.54) is 12.8 Å². The van der Waals surface area contributed by atoms with Gasteiger partial charge < -0.3 is 10.2 Å². The Kier molecular flexibility index (Phi) is 3.53. The number of nitrogens with one attached hydrogen (secondary N) is 1. The average molecular weight is 224 g/mol. The molecule has 1 amide bonds. The molecule has 16 heavy (non-hydrogen) atoms. The normalized spacial score (nSPS) is 28.2. The third-order valence-electron chi connectivity index (χ3n) is 4.59. The van der Waals surface area contributed by atoms with Crippen LogP contribution in [-0.4, -0.2) is 37.0 Å². The molecule has 0 bridgehead atoms. The quantitative estimate of drug-likeness (QED) is 0.792. The summed E-state index contributed by atoms with van der Waals surface area (Å²) in [6.07, 6.45) is 6.80. The largest absolute Gasteiger partial charge is 0.341 e. The Balaban J connectivity index is 2.04. The van der Waals surface area contributed by atoms with E-state index in [0.29, 0.717) is 11.9 Å². The lowest BCUT2D eigenvalue weighted by molar-refractivity contribution is -0.142. The second-order valence-electron chi connectivity index (χ2n) is 5.40. The molecular weight excluding hydrogens is 200 g/mol. The number of amides is 1. The molecule has 3 heteroatoms. The van der Waals surface area contributed by atoms with Gasteiger partial charge in [0.15, 0.2) is 0 Å². The van der Waals surface area contributed by atoms with Crippen LogP contribution in [-0.2, 0) is 4.79 Å². The summed E-state index contributed by atoms with van der Waals surface area (Å²) in [5.74, 6) is 0.404. The fourth-order valence-corrected chi connectivity index (χ4v) is 3.28. The molecule has 0 radical (unpaired) electrons. The summed E-state index contributed by atoms with van der Waals surface area (Å²) >= 11 is 0. The van der Waals surface area contributed by atoms with Gasteiger partial charge in [0, 0.05) is 25.0 Å². The van der Waals surface area contributed by atoms with Crippen molar-refractivity contribution in [1.29, 1.82) is 0 Å². The molecule has 1 aliphatic heterocycles. The lowest BCUT2D eigenvalue weighted by Crippen LogP contribution is -2.46. The van der Waals surface area contributed by atoms with Gasteiger partial charge in [-0.15, -0.1) is 0 Å². The van der Waals surface area contributed by atoms with Gasteiger partial charge in [-0.05, 0) is 32.2 Å². The lowest BCUT2D eigenvalue weighted by atomic mass is 9.81. The molecule has 2 aliphatic rings. The van der Waals surface area contributed by atoms with E-state index in [1.807, 2.05) is 11.9 Å². The number of nitrogens with zero attached hydrogens (tertiary/aromatic N) is 1. The fourth-order valence-electron chi connectivity index (χ4n) is 3.28. The van der Waals surface area contributed by atoms with Gasteiger partial charge in [0.2, 0.25) is 5.91 Å². The first-order chi connectivity index (χ1) is 7.69. The van der Waals surface area contributed by atoms with E-state index < -0.39 is 0 Å². The maximum absolute atomic E-state index is 12.6. The number of likely N-dealkylation sites (N-methyl/N-ethyl adjacent to an activating group) is 1. The summed E-state index contributed by atoms with van der Waals surface area (Å²) in [6, 6.07) is 0.427. The van der Waals surface area contributed by atoms with Crippen LogP contribution >= 0.6 is 0 Å². The zero-order valence-corrected chi connectivity index (χ0v) is 10.6. The van der Waals surface area contributed by atoms with E-state index in [4.69, 9.17) is 0 Å². The van der Waals surface area contributed by atoms with Crippen LogP contribution in [0.4, 0.5) is 0 Å². The lowest BCUT2D eigenvalue weighted by Gasteiger charge is -2.34. The molecule has 1 saturated carbocycles. The predicted octanol–water partition coefficient (Wildman–Crippen LogP) is 1.78. The van der Waals surface area contributed by atoms with Crippen molar-refractivity contribution in [1.82, 2.24) is 10.2 Å². The van der Waals surface area contributed by atoms with Gasteiger partial charge in [0.1, 0.15) is 0 Å². The highest BCUT2D eigenvalue weighted by Gasteiger charge is 2.42. The van der Waals surface area contributed by atoms with E-state index in [0.717, 1.165) is 38.8 Å². The van der Waals surface area contributed by atoms with Crippen molar-refractivity contribution < 1.29 is 4.79 Å². The highest BCUT2D eigenvalue weighted by molar-refractivity contribution is 5.83. The number of hydrogen-bond donors (Lipinski definition) is 1. The van der Waals surface area contributed by atoms with E-state index >= 15 is 0 Å². The molecule has 0 aromatic heterocycles. The maximum Gasteiger partial charge on any atom is 0.228 e. The van der Waals surface area contributed by atoms with E-state index in [-0.39, 0.29) is 5.41 Å². The van der Waals surface area contributed by atoms with Gasteiger partial charge >= 0.3 is 0 Å². The third kappa shape index (κ3) is 1.97. The molecule has 0 spiro atoms. The summed E-state index contributed by atoms with van der Waals surface area (Å²) in [5, 5.41) is 3.34. The van der Waals surface area contributed by atoms with Crippen molar-refractivity contribution in [3.8, 4) is 0 Å². The van der Waals surface area contributed by atoms with Gasteiger partial charge in [-0.2, -0.15) is 0 Å². The van der Waals surface area contributed by atoms with Crippen molar-refractivity contribution in [3.05, 3.63) is 0 Å². The highest BCUT2D eigenvalue weighted by atomic mass is 16.2. The molecule has 92 valence electrons. The molecule has 1 aliphatic carbocycles. The summed E-state index contributed by atoms with van der Waals surface area (Å²) in [6.45, 7) is 4.20. The second-order valence-corrected chi connectivity index (χ2v) is 5.40. The Morgan fingerprint density at radius 1 is 1.44 bits per heavy atom. The van der Waals surface area contributed by atoms with E-state index in [2.05, 4.69) is 12.2 Å². The van der Waals surface area contributed by atoms with Crippen LogP contribution in [0.3, 0.4) is 0 Å². The van der Waals surface area contributed by atoms with Gasteiger partial charge in [0.05, 0.1) is 0 Å². The molecule has 2 rings (SSSR count). The fraction of sp³-hybridized carbons (Fsp3) is 0.923. The van der Waals surface area contributed by atoms with Crippen LogP contribution < -0.4 is 5.32 Å². The van der Waals surface area contributed by atoms with Crippen LogP contribution in [0.2, 0.25) is 0 Å². The number of carbonyl (C=O) groups excluding carboxylic acids is 1. The molecule has 3 nitrogen and oxygen atoms in total. The maximum atomic E-state index is 12.6. The molecule has 2 fully saturated rings. The first-order valence-electron chi connectivity index (χ1n) is 6.67. The van der Waals surface area contributed by atoms with Crippen molar-refractivity contribution in [2.45, 2.75) is 51.5 Å². The first kappa shape index (κ1) is 11.9. The van der Waals surface area contributed by atoms with Crippen LogP contribution in [0.15, 0.2) is 0 Å². The number of rotatable bonds is 3. The van der Waals surface area contributed by atoms with Crippen molar-refractivity contribution in [2.75, 3.05) is 20.1 Å². The summed E-state index contributed by atoms with van der Waals surface area (Å²) in [4.78, 5) is 14.6. The number of hydrogen-bond acceptors (Lipinski definition) is 2. The van der Waals surface area contributed by atoms with Crippen molar-refractivity contribution >= 4 is 5.91 Å². The SMILES string of the molecule is CCC1(C(=O)N(C)C2CCNC2)CCCC1. The molecule has 1 N–H and O–H groups in total. The smallest absolute Gasteiger partial charge is 0.228 e. The molecule has 1 heterocycles. The summed E-state index contributed by atoms with van der Waals surface area (Å²) in [7, 11) is 2.00. The zero-order valence-electron chi connectivity index (χ0n) is 10.6. The minimum Gasteiger partial charge on any atom is -0.341 e. The van der Waals surface area contributed by atoms with Crippen LogP contribution in [0.25, 0.3) is 0 Å². The topological polar surface area (TPSA) is 32.3 Å². The Morgan fingerprint density at radius 3 is 2.62 bits per heavy atom. The second kappa shape index (κ2) is 4.74. The van der Waals surface area contributed by atoms with Crippen LogP contribution in [0, 0.1) is 5.41 Å². The Hall–Kier alpha value is -0.570. The summed E-state index contributed by atoms with van der Waals surface area (Å²) < 4.78 is 0. The average Bonchev–Trinajstić information content (AvgIpc) is 2.98. The molecular formula is C13H24N2O. The Bertz CT molecular complexity index is 253.